The van der Waals surface area contributed by atoms with E-state index in [0.717, 1.165) is 5.56 Å². The zero-order valence-electron chi connectivity index (χ0n) is 10.2. The highest BCUT2D eigenvalue weighted by Crippen LogP contribution is 2.24. The van der Waals surface area contributed by atoms with Crippen molar-refractivity contribution >= 4 is 0 Å². The van der Waals surface area contributed by atoms with E-state index in [1.807, 2.05) is 24.0 Å². The molecule has 0 amide bonds. The van der Waals surface area contributed by atoms with Crippen LogP contribution in [0.1, 0.15) is 33.3 Å². The summed E-state index contributed by atoms with van der Waals surface area (Å²) in [7, 11) is 1.67. The van der Waals surface area contributed by atoms with Crippen LogP contribution in [0.5, 0.6) is 0 Å². The number of aromatic nitrogens is 2. The Morgan fingerprint density at radius 1 is 1.40 bits per heavy atom. The van der Waals surface area contributed by atoms with Gasteiger partial charge in [-0.2, -0.15) is 5.10 Å². The molecule has 86 valence electrons. The van der Waals surface area contributed by atoms with Crippen molar-refractivity contribution in [3.63, 3.8) is 0 Å². The van der Waals surface area contributed by atoms with Crippen LogP contribution < -0.4 is 5.73 Å². The molecule has 15 heavy (non-hydrogen) atoms. The van der Waals surface area contributed by atoms with E-state index in [1.165, 1.54) is 0 Å². The van der Waals surface area contributed by atoms with Crippen molar-refractivity contribution in [2.24, 2.45) is 5.73 Å². The largest absolute Gasteiger partial charge is 0.372 e. The van der Waals surface area contributed by atoms with Gasteiger partial charge in [-0.25, -0.2) is 0 Å². The zero-order valence-corrected chi connectivity index (χ0v) is 10.2. The molecule has 1 aromatic heterocycles. The molecule has 0 saturated heterocycles. The number of nitrogens with zero attached hydrogens (tertiary/aromatic N) is 2. The molecule has 0 radical (unpaired) electrons. The maximum atomic E-state index is 5.71. The summed E-state index contributed by atoms with van der Waals surface area (Å²) in [5.74, 6) is 0. The molecule has 4 nitrogen and oxygen atoms in total. The number of ether oxygens (including phenoxy) is 1. The number of hydrogen-bond acceptors (Lipinski definition) is 3. The minimum Gasteiger partial charge on any atom is -0.372 e. The van der Waals surface area contributed by atoms with Crippen LogP contribution in [0.25, 0.3) is 0 Å². The first-order valence-electron chi connectivity index (χ1n) is 5.14. The highest BCUT2D eigenvalue weighted by atomic mass is 16.5. The van der Waals surface area contributed by atoms with Crippen LogP contribution in [0.4, 0.5) is 0 Å². The molecular weight excluding hydrogens is 190 g/mol. The standard InChI is InChI=1S/C11H21N3O/c1-10(2,3)14-7-9(6-13-14)11(4,8-12)15-5/h6-7H,8,12H2,1-5H3. The molecule has 0 bridgehead atoms. The maximum Gasteiger partial charge on any atom is 0.105 e. The predicted octanol–water partition coefficient (Wildman–Crippen LogP) is 1.46. The van der Waals surface area contributed by atoms with E-state index in [2.05, 4.69) is 25.9 Å². The lowest BCUT2D eigenvalue weighted by Crippen LogP contribution is -2.33. The van der Waals surface area contributed by atoms with Crippen molar-refractivity contribution in [3.05, 3.63) is 18.0 Å². The third-order valence-corrected chi connectivity index (χ3v) is 2.72. The van der Waals surface area contributed by atoms with Crippen LogP contribution in [0.2, 0.25) is 0 Å². The van der Waals surface area contributed by atoms with E-state index in [9.17, 15) is 0 Å². The zero-order chi connectivity index (χ0) is 11.7. The Hall–Kier alpha value is -0.870. The summed E-state index contributed by atoms with van der Waals surface area (Å²) in [4.78, 5) is 0. The Kier molecular flexibility index (Phi) is 3.21. The summed E-state index contributed by atoms with van der Waals surface area (Å²) in [6, 6.07) is 0. The third kappa shape index (κ3) is 2.38. The lowest BCUT2D eigenvalue weighted by atomic mass is 9.99. The van der Waals surface area contributed by atoms with Crippen molar-refractivity contribution < 1.29 is 4.74 Å². The molecule has 0 aliphatic carbocycles. The SMILES string of the molecule is COC(C)(CN)c1cnn(C(C)(C)C)c1. The maximum absolute atomic E-state index is 5.71. The Morgan fingerprint density at radius 2 is 2.00 bits per heavy atom. The summed E-state index contributed by atoms with van der Waals surface area (Å²) in [5.41, 5.74) is 6.27. The van der Waals surface area contributed by atoms with Gasteiger partial charge in [-0.1, -0.05) is 0 Å². The van der Waals surface area contributed by atoms with E-state index in [1.54, 1.807) is 7.11 Å². The molecule has 1 rings (SSSR count). The molecule has 1 atom stereocenters. The van der Waals surface area contributed by atoms with Gasteiger partial charge in [0, 0.05) is 25.4 Å². The quantitative estimate of drug-likeness (QED) is 0.823. The highest BCUT2D eigenvalue weighted by molar-refractivity contribution is 5.15. The lowest BCUT2D eigenvalue weighted by Gasteiger charge is -2.25. The van der Waals surface area contributed by atoms with Gasteiger partial charge in [-0.3, -0.25) is 4.68 Å². The Balaban J connectivity index is 3.03. The summed E-state index contributed by atoms with van der Waals surface area (Å²) < 4.78 is 7.35. The topological polar surface area (TPSA) is 53.1 Å². The van der Waals surface area contributed by atoms with E-state index in [0.29, 0.717) is 6.54 Å². The van der Waals surface area contributed by atoms with E-state index in [-0.39, 0.29) is 5.54 Å². The minimum absolute atomic E-state index is 0.0124. The van der Waals surface area contributed by atoms with Gasteiger partial charge in [0.05, 0.1) is 11.7 Å². The molecule has 1 heterocycles. The molecular formula is C11H21N3O. The molecule has 0 saturated carbocycles. The van der Waals surface area contributed by atoms with Gasteiger partial charge in [0.15, 0.2) is 0 Å². The number of hydrogen-bond donors (Lipinski definition) is 1. The first kappa shape index (κ1) is 12.2. The average Bonchev–Trinajstić information content (AvgIpc) is 2.65. The number of rotatable bonds is 3. The second-order valence-electron chi connectivity index (χ2n) is 4.98. The Morgan fingerprint density at radius 3 is 2.33 bits per heavy atom. The van der Waals surface area contributed by atoms with Gasteiger partial charge in [0.1, 0.15) is 5.60 Å². The van der Waals surface area contributed by atoms with E-state index in [4.69, 9.17) is 10.5 Å². The molecule has 0 aliphatic heterocycles. The fourth-order valence-corrected chi connectivity index (χ4v) is 1.28. The van der Waals surface area contributed by atoms with Gasteiger partial charge >= 0.3 is 0 Å². The molecule has 2 N–H and O–H groups in total. The summed E-state index contributed by atoms with van der Waals surface area (Å²) in [6.45, 7) is 8.74. The number of methoxy groups -OCH3 is 1. The minimum atomic E-state index is -0.441. The van der Waals surface area contributed by atoms with Crippen molar-refractivity contribution in [2.75, 3.05) is 13.7 Å². The van der Waals surface area contributed by atoms with Crippen molar-refractivity contribution in [1.82, 2.24) is 9.78 Å². The molecule has 0 fully saturated rings. The normalized spacial score (nSPS) is 16.4. The molecule has 0 aliphatic rings. The Labute approximate surface area is 91.4 Å². The lowest BCUT2D eigenvalue weighted by molar-refractivity contribution is 0.00992. The molecule has 1 unspecified atom stereocenters. The van der Waals surface area contributed by atoms with Crippen LogP contribution in [-0.2, 0) is 15.9 Å². The van der Waals surface area contributed by atoms with E-state index >= 15 is 0 Å². The van der Waals surface area contributed by atoms with Gasteiger partial charge in [0.2, 0.25) is 0 Å². The molecule has 4 heteroatoms. The smallest absolute Gasteiger partial charge is 0.105 e. The van der Waals surface area contributed by atoms with Crippen molar-refractivity contribution in [1.29, 1.82) is 0 Å². The monoisotopic (exact) mass is 211 g/mol. The van der Waals surface area contributed by atoms with Gasteiger partial charge in [-0.15, -0.1) is 0 Å². The van der Waals surface area contributed by atoms with Crippen LogP contribution in [0, 0.1) is 0 Å². The fraction of sp³-hybridized carbons (Fsp3) is 0.727. The van der Waals surface area contributed by atoms with Crippen LogP contribution in [0.15, 0.2) is 12.4 Å². The number of nitrogens with two attached hydrogens (primary N) is 1. The summed E-state index contributed by atoms with van der Waals surface area (Å²) in [6.07, 6.45) is 3.82. The molecule has 1 aromatic rings. The summed E-state index contributed by atoms with van der Waals surface area (Å²) >= 11 is 0. The van der Waals surface area contributed by atoms with E-state index < -0.39 is 5.60 Å². The predicted molar refractivity (Wildman–Crippen MR) is 60.6 cm³/mol. The molecule has 0 spiro atoms. The first-order valence-corrected chi connectivity index (χ1v) is 5.14. The van der Waals surface area contributed by atoms with Crippen molar-refractivity contribution in [3.8, 4) is 0 Å². The average molecular weight is 211 g/mol. The fourth-order valence-electron chi connectivity index (χ4n) is 1.28. The second-order valence-corrected chi connectivity index (χ2v) is 4.98. The van der Waals surface area contributed by atoms with Gasteiger partial charge in [0.25, 0.3) is 0 Å². The van der Waals surface area contributed by atoms with Gasteiger partial charge < -0.3 is 10.5 Å². The van der Waals surface area contributed by atoms with Crippen LogP contribution in [0.3, 0.4) is 0 Å². The van der Waals surface area contributed by atoms with Gasteiger partial charge in [-0.05, 0) is 27.7 Å². The third-order valence-electron chi connectivity index (χ3n) is 2.72. The summed E-state index contributed by atoms with van der Waals surface area (Å²) in [5, 5.41) is 4.33. The molecule has 0 aromatic carbocycles. The first-order chi connectivity index (χ1) is 6.83. The Bertz CT molecular complexity index is 321. The highest BCUT2D eigenvalue weighted by Gasteiger charge is 2.27. The second kappa shape index (κ2) is 3.94. The van der Waals surface area contributed by atoms with Crippen LogP contribution >= 0.6 is 0 Å². The van der Waals surface area contributed by atoms with Crippen molar-refractivity contribution in [2.45, 2.75) is 38.8 Å². The van der Waals surface area contributed by atoms with Crippen LogP contribution in [-0.4, -0.2) is 23.4 Å².